The maximum atomic E-state index is 12.8. The summed E-state index contributed by atoms with van der Waals surface area (Å²) in [5.41, 5.74) is 4.48. The lowest BCUT2D eigenvalue weighted by atomic mass is 10.2. The van der Waals surface area contributed by atoms with Crippen molar-refractivity contribution in [2.45, 2.75) is 32.0 Å². The van der Waals surface area contributed by atoms with Crippen molar-refractivity contribution in [2.24, 2.45) is 11.7 Å². The first-order chi connectivity index (χ1) is 7.45. The van der Waals surface area contributed by atoms with Gasteiger partial charge in [0.05, 0.1) is 11.7 Å². The average molecular weight is 234 g/mol. The van der Waals surface area contributed by atoms with Crippen molar-refractivity contribution >= 4 is 0 Å². The van der Waals surface area contributed by atoms with Gasteiger partial charge < -0.3 is 5.73 Å². The molecule has 1 aliphatic carbocycles. The Labute approximate surface area is 90.6 Å². The number of nitrogens with zero attached hydrogens (tertiary/aromatic N) is 3. The Morgan fingerprint density at radius 1 is 1.50 bits per heavy atom. The van der Waals surface area contributed by atoms with Crippen LogP contribution in [0.15, 0.2) is 0 Å². The van der Waals surface area contributed by atoms with E-state index in [1.54, 1.807) is 0 Å². The van der Waals surface area contributed by atoms with Crippen LogP contribution in [0.3, 0.4) is 0 Å². The van der Waals surface area contributed by atoms with E-state index in [9.17, 15) is 13.2 Å². The van der Waals surface area contributed by atoms with E-state index in [0.29, 0.717) is 0 Å². The fraction of sp³-hybridized carbons (Fsp3) is 0.778. The van der Waals surface area contributed by atoms with Crippen molar-refractivity contribution in [3.63, 3.8) is 0 Å². The zero-order valence-corrected chi connectivity index (χ0v) is 8.83. The van der Waals surface area contributed by atoms with Crippen molar-refractivity contribution in [2.75, 3.05) is 6.54 Å². The standard InChI is InChI=1S/C9H13F3N4/c1-5-4-7(5)16-8(9(10,11)12)6(2-3-13)14-15-16/h5,7H,2-4,13H2,1H3. The zero-order chi connectivity index (χ0) is 11.9. The Kier molecular flexibility index (Phi) is 2.65. The number of aromatic nitrogens is 3. The molecule has 2 unspecified atom stereocenters. The molecule has 0 radical (unpaired) electrons. The number of rotatable bonds is 3. The van der Waals surface area contributed by atoms with E-state index >= 15 is 0 Å². The molecule has 4 nitrogen and oxygen atoms in total. The Morgan fingerprint density at radius 2 is 2.12 bits per heavy atom. The zero-order valence-electron chi connectivity index (χ0n) is 8.83. The molecule has 2 rings (SSSR count). The van der Waals surface area contributed by atoms with Crippen LogP contribution in [0.4, 0.5) is 13.2 Å². The van der Waals surface area contributed by atoms with Gasteiger partial charge in [0.2, 0.25) is 0 Å². The van der Waals surface area contributed by atoms with Crippen LogP contribution < -0.4 is 5.73 Å². The van der Waals surface area contributed by atoms with Crippen molar-refractivity contribution in [1.82, 2.24) is 15.0 Å². The van der Waals surface area contributed by atoms with Gasteiger partial charge in [-0.25, -0.2) is 4.68 Å². The molecule has 1 aromatic heterocycles. The first-order valence-electron chi connectivity index (χ1n) is 5.16. The summed E-state index contributed by atoms with van der Waals surface area (Å²) in [6, 6.07) is -0.157. The molecule has 0 spiro atoms. The molecule has 0 bridgehead atoms. The van der Waals surface area contributed by atoms with Crippen LogP contribution in [0.25, 0.3) is 0 Å². The van der Waals surface area contributed by atoms with Gasteiger partial charge in [-0.05, 0) is 18.9 Å². The van der Waals surface area contributed by atoms with Gasteiger partial charge in [-0.3, -0.25) is 0 Å². The van der Waals surface area contributed by atoms with Crippen LogP contribution >= 0.6 is 0 Å². The molecule has 2 atom stereocenters. The molecule has 90 valence electrons. The largest absolute Gasteiger partial charge is 0.434 e. The summed E-state index contributed by atoms with van der Waals surface area (Å²) in [5.74, 6) is 0.244. The van der Waals surface area contributed by atoms with E-state index in [2.05, 4.69) is 10.3 Å². The van der Waals surface area contributed by atoms with Crippen molar-refractivity contribution in [1.29, 1.82) is 0 Å². The molecule has 1 aromatic rings. The molecule has 16 heavy (non-hydrogen) atoms. The molecule has 0 saturated heterocycles. The second-order valence-electron chi connectivity index (χ2n) is 4.15. The third-order valence-electron chi connectivity index (χ3n) is 2.80. The summed E-state index contributed by atoms with van der Waals surface area (Å²) in [4.78, 5) is 0. The highest BCUT2D eigenvalue weighted by atomic mass is 19.4. The minimum Gasteiger partial charge on any atom is -0.330 e. The molecular weight excluding hydrogens is 221 g/mol. The number of hydrogen-bond acceptors (Lipinski definition) is 3. The molecular formula is C9H13F3N4. The van der Waals surface area contributed by atoms with E-state index in [1.165, 1.54) is 0 Å². The third kappa shape index (κ3) is 1.91. The van der Waals surface area contributed by atoms with Crippen LogP contribution in [-0.4, -0.2) is 21.5 Å². The van der Waals surface area contributed by atoms with Gasteiger partial charge in [0, 0.05) is 6.42 Å². The molecule has 1 fully saturated rings. The van der Waals surface area contributed by atoms with Crippen LogP contribution in [0, 0.1) is 5.92 Å². The van der Waals surface area contributed by atoms with E-state index in [0.717, 1.165) is 11.1 Å². The first kappa shape index (κ1) is 11.4. The molecule has 0 amide bonds. The van der Waals surface area contributed by atoms with Gasteiger partial charge in [0.25, 0.3) is 0 Å². The fourth-order valence-corrected chi connectivity index (χ4v) is 1.80. The molecule has 2 N–H and O–H groups in total. The number of hydrogen-bond donors (Lipinski definition) is 1. The fourth-order valence-electron chi connectivity index (χ4n) is 1.80. The van der Waals surface area contributed by atoms with Crippen molar-refractivity contribution < 1.29 is 13.2 Å². The number of nitrogens with two attached hydrogens (primary N) is 1. The maximum absolute atomic E-state index is 12.8. The Hall–Kier alpha value is -1.11. The Balaban J connectivity index is 2.38. The smallest absolute Gasteiger partial charge is 0.330 e. The number of halogens is 3. The molecule has 0 aliphatic heterocycles. The summed E-state index contributed by atoms with van der Waals surface area (Å²) >= 11 is 0. The summed E-state index contributed by atoms with van der Waals surface area (Å²) in [6.45, 7) is 2.04. The van der Waals surface area contributed by atoms with Crippen LogP contribution in [0.2, 0.25) is 0 Å². The predicted octanol–water partition coefficient (Wildman–Crippen LogP) is 1.38. The maximum Gasteiger partial charge on any atom is 0.434 e. The highest BCUT2D eigenvalue weighted by Gasteiger charge is 2.45. The van der Waals surface area contributed by atoms with Crippen molar-refractivity contribution in [3.05, 3.63) is 11.4 Å². The minimum absolute atomic E-state index is 0.0471. The van der Waals surface area contributed by atoms with E-state index in [1.807, 2.05) is 6.92 Å². The molecule has 1 saturated carbocycles. The molecule has 1 heterocycles. The summed E-state index contributed by atoms with van der Waals surface area (Å²) in [6.07, 6.45) is -3.57. The molecule has 7 heteroatoms. The number of alkyl halides is 3. The third-order valence-corrected chi connectivity index (χ3v) is 2.80. The molecule has 0 aromatic carbocycles. The summed E-state index contributed by atoms with van der Waals surface area (Å²) in [5, 5.41) is 7.19. The second kappa shape index (κ2) is 3.73. The van der Waals surface area contributed by atoms with Gasteiger partial charge in [-0.2, -0.15) is 13.2 Å². The topological polar surface area (TPSA) is 56.7 Å². The van der Waals surface area contributed by atoms with Gasteiger partial charge in [0.1, 0.15) is 0 Å². The predicted molar refractivity (Wildman–Crippen MR) is 50.6 cm³/mol. The quantitative estimate of drug-likeness (QED) is 0.859. The summed E-state index contributed by atoms with van der Waals surface area (Å²) in [7, 11) is 0. The summed E-state index contributed by atoms with van der Waals surface area (Å²) < 4.78 is 39.5. The van der Waals surface area contributed by atoms with Gasteiger partial charge in [-0.1, -0.05) is 12.1 Å². The van der Waals surface area contributed by atoms with E-state index in [4.69, 9.17) is 5.73 Å². The van der Waals surface area contributed by atoms with Gasteiger partial charge in [0.15, 0.2) is 5.69 Å². The highest BCUT2D eigenvalue weighted by Crippen LogP contribution is 2.45. The van der Waals surface area contributed by atoms with Crippen LogP contribution in [0.1, 0.15) is 30.8 Å². The van der Waals surface area contributed by atoms with E-state index < -0.39 is 11.9 Å². The highest BCUT2D eigenvalue weighted by molar-refractivity contribution is 5.16. The lowest BCUT2D eigenvalue weighted by Crippen LogP contribution is -2.17. The van der Waals surface area contributed by atoms with Gasteiger partial charge >= 0.3 is 6.18 Å². The second-order valence-corrected chi connectivity index (χ2v) is 4.15. The first-order valence-corrected chi connectivity index (χ1v) is 5.16. The van der Waals surface area contributed by atoms with Gasteiger partial charge in [-0.15, -0.1) is 5.10 Å². The lowest BCUT2D eigenvalue weighted by molar-refractivity contribution is -0.145. The lowest BCUT2D eigenvalue weighted by Gasteiger charge is -2.10. The van der Waals surface area contributed by atoms with E-state index in [-0.39, 0.29) is 30.6 Å². The van der Waals surface area contributed by atoms with Crippen LogP contribution in [0.5, 0.6) is 0 Å². The Morgan fingerprint density at radius 3 is 2.56 bits per heavy atom. The Bertz CT molecular complexity index is 385. The van der Waals surface area contributed by atoms with Crippen molar-refractivity contribution in [3.8, 4) is 0 Å². The van der Waals surface area contributed by atoms with Crippen LogP contribution in [-0.2, 0) is 12.6 Å². The monoisotopic (exact) mass is 234 g/mol. The normalized spacial score (nSPS) is 24.8. The molecule has 1 aliphatic rings. The SMILES string of the molecule is CC1CC1n1nnc(CCN)c1C(F)(F)F. The average Bonchev–Trinajstić information content (AvgIpc) is 2.74. The minimum atomic E-state index is -4.41.